The Kier molecular flexibility index (Phi) is 8.09. The molecule has 0 aromatic heterocycles. The fraction of sp³-hybridized carbons (Fsp3) is 0.750. The van der Waals surface area contributed by atoms with Crippen molar-refractivity contribution in [3.05, 3.63) is 0 Å². The van der Waals surface area contributed by atoms with Gasteiger partial charge in [-0.25, -0.2) is 9.13 Å². The van der Waals surface area contributed by atoms with Crippen molar-refractivity contribution in [2.75, 3.05) is 0 Å². The Bertz CT molecular complexity index is 266. The molecule has 0 aliphatic carbocycles. The Morgan fingerprint density at radius 2 is 1.47 bits per heavy atom. The van der Waals surface area contributed by atoms with Gasteiger partial charge in [-0.3, -0.25) is 14.6 Å². The van der Waals surface area contributed by atoms with Crippen LogP contribution in [-0.2, 0) is 18.4 Å². The standard InChI is InChI=1S/C4H9O5P.H3O4P/c1-2-3-4(5)9-10(6,7)8;1-5(2,3)4/h2-3H2,1H3,(H2,6,7,8);(H3,1,2,3,4). The van der Waals surface area contributed by atoms with Gasteiger partial charge in [-0.2, -0.15) is 0 Å². The Labute approximate surface area is 85.2 Å². The fourth-order valence-electron chi connectivity index (χ4n) is 0.382. The molecule has 0 unspecified atom stereocenters. The van der Waals surface area contributed by atoms with E-state index in [9.17, 15) is 9.36 Å². The number of carbonyl (C=O) groups is 1. The average Bonchev–Trinajstić information content (AvgIpc) is 1.77. The van der Waals surface area contributed by atoms with Gasteiger partial charge < -0.3 is 19.2 Å². The van der Waals surface area contributed by atoms with Gasteiger partial charge >= 0.3 is 21.6 Å². The highest BCUT2D eigenvalue weighted by atomic mass is 31.2. The molecule has 0 amide bonds. The lowest BCUT2D eigenvalue weighted by atomic mass is 10.4. The van der Waals surface area contributed by atoms with Gasteiger partial charge in [0.15, 0.2) is 0 Å². The third-order valence-corrected chi connectivity index (χ3v) is 1.12. The zero-order valence-corrected chi connectivity index (χ0v) is 9.47. The van der Waals surface area contributed by atoms with Crippen LogP contribution >= 0.6 is 15.6 Å². The molecule has 0 aliphatic heterocycles. The normalized spacial score (nSPS) is 11.3. The van der Waals surface area contributed by atoms with Gasteiger partial charge in [0.1, 0.15) is 0 Å². The predicted octanol–water partition coefficient (Wildman–Crippen LogP) is -0.506. The fourth-order valence-corrected chi connectivity index (χ4v) is 0.739. The first-order valence-electron chi connectivity index (χ1n) is 3.52. The van der Waals surface area contributed by atoms with E-state index in [1.54, 1.807) is 6.92 Å². The van der Waals surface area contributed by atoms with Gasteiger partial charge in [-0.05, 0) is 6.42 Å². The third-order valence-electron chi connectivity index (χ3n) is 0.675. The summed E-state index contributed by atoms with van der Waals surface area (Å²) >= 11 is 0. The summed E-state index contributed by atoms with van der Waals surface area (Å²) in [7, 11) is -9.24. The lowest BCUT2D eigenvalue weighted by Crippen LogP contribution is -2.00. The highest BCUT2D eigenvalue weighted by Gasteiger charge is 2.18. The monoisotopic (exact) mass is 266 g/mol. The van der Waals surface area contributed by atoms with Crippen molar-refractivity contribution in [1.82, 2.24) is 0 Å². The van der Waals surface area contributed by atoms with E-state index in [-0.39, 0.29) is 6.42 Å². The first-order chi connectivity index (χ1) is 6.45. The van der Waals surface area contributed by atoms with Crippen molar-refractivity contribution in [1.29, 1.82) is 0 Å². The molecule has 92 valence electrons. The molecule has 0 aromatic rings. The molecule has 11 heteroatoms. The smallest absolute Gasteiger partial charge is 0.371 e. The number of hydrogen-bond acceptors (Lipinski definition) is 4. The van der Waals surface area contributed by atoms with E-state index < -0.39 is 21.6 Å². The minimum absolute atomic E-state index is 0.0328. The first kappa shape index (κ1) is 17.1. The Hall–Kier alpha value is -0.270. The Morgan fingerprint density at radius 1 is 1.13 bits per heavy atom. The summed E-state index contributed by atoms with van der Waals surface area (Å²) < 4.78 is 22.6. The predicted molar refractivity (Wildman–Crippen MR) is 47.3 cm³/mol. The molecule has 0 saturated carbocycles. The van der Waals surface area contributed by atoms with Crippen LogP contribution in [0.4, 0.5) is 0 Å². The van der Waals surface area contributed by atoms with Gasteiger partial charge in [-0.15, -0.1) is 0 Å². The van der Waals surface area contributed by atoms with Crippen molar-refractivity contribution in [3.63, 3.8) is 0 Å². The summed E-state index contributed by atoms with van der Waals surface area (Å²) in [5.41, 5.74) is 0. The summed E-state index contributed by atoms with van der Waals surface area (Å²) in [5.74, 6) is -0.865. The summed E-state index contributed by atoms with van der Waals surface area (Å²) in [4.78, 5) is 48.1. The molecular formula is C4H12O9P2. The highest BCUT2D eigenvalue weighted by molar-refractivity contribution is 7.46. The number of hydrogen-bond donors (Lipinski definition) is 5. The van der Waals surface area contributed by atoms with Gasteiger partial charge in [0.2, 0.25) is 0 Å². The van der Waals surface area contributed by atoms with Gasteiger partial charge in [0, 0.05) is 6.42 Å². The Balaban J connectivity index is 0. The van der Waals surface area contributed by atoms with E-state index in [1.807, 2.05) is 0 Å². The van der Waals surface area contributed by atoms with E-state index in [1.165, 1.54) is 0 Å². The molecule has 15 heavy (non-hydrogen) atoms. The second-order valence-electron chi connectivity index (χ2n) is 2.22. The number of carbonyl (C=O) groups excluding carboxylic acids is 1. The van der Waals surface area contributed by atoms with Crippen LogP contribution < -0.4 is 0 Å². The second-order valence-corrected chi connectivity index (χ2v) is 4.41. The van der Waals surface area contributed by atoms with Crippen molar-refractivity contribution in [2.24, 2.45) is 0 Å². The molecule has 0 bridgehead atoms. The molecule has 0 radical (unpaired) electrons. The molecule has 0 fully saturated rings. The molecule has 0 heterocycles. The van der Waals surface area contributed by atoms with E-state index in [0.717, 1.165) is 0 Å². The van der Waals surface area contributed by atoms with Crippen LogP contribution in [0.25, 0.3) is 0 Å². The van der Waals surface area contributed by atoms with Gasteiger partial charge in [0.05, 0.1) is 0 Å². The van der Waals surface area contributed by atoms with Crippen molar-refractivity contribution in [2.45, 2.75) is 19.8 Å². The number of phosphoric acid groups is 2. The molecule has 5 N–H and O–H groups in total. The molecule has 0 spiro atoms. The zero-order chi connectivity index (χ0) is 12.7. The van der Waals surface area contributed by atoms with E-state index in [4.69, 9.17) is 29.0 Å². The molecule has 0 atom stereocenters. The summed E-state index contributed by atoms with van der Waals surface area (Å²) in [5, 5.41) is 0. The quantitative estimate of drug-likeness (QED) is 0.423. The average molecular weight is 266 g/mol. The van der Waals surface area contributed by atoms with Crippen molar-refractivity contribution < 1.29 is 42.9 Å². The van der Waals surface area contributed by atoms with Crippen LogP contribution in [0, 0.1) is 0 Å². The van der Waals surface area contributed by atoms with E-state index >= 15 is 0 Å². The largest absolute Gasteiger partial charge is 0.526 e. The minimum atomic E-state index is -4.64. The van der Waals surface area contributed by atoms with Crippen LogP contribution in [0.1, 0.15) is 19.8 Å². The maximum atomic E-state index is 10.3. The maximum absolute atomic E-state index is 10.3. The van der Waals surface area contributed by atoms with E-state index in [2.05, 4.69) is 4.52 Å². The lowest BCUT2D eigenvalue weighted by molar-refractivity contribution is -0.135. The zero-order valence-electron chi connectivity index (χ0n) is 7.68. The lowest BCUT2D eigenvalue weighted by Gasteiger charge is -2.02. The molecule has 0 aromatic carbocycles. The number of rotatable bonds is 3. The van der Waals surface area contributed by atoms with Crippen LogP contribution in [0.3, 0.4) is 0 Å². The molecule has 0 rings (SSSR count). The second kappa shape index (κ2) is 7.08. The molecular weight excluding hydrogens is 254 g/mol. The van der Waals surface area contributed by atoms with Gasteiger partial charge in [-0.1, -0.05) is 6.92 Å². The van der Waals surface area contributed by atoms with Crippen LogP contribution in [0.5, 0.6) is 0 Å². The van der Waals surface area contributed by atoms with E-state index in [0.29, 0.717) is 6.42 Å². The van der Waals surface area contributed by atoms with Crippen molar-refractivity contribution >= 4 is 21.6 Å². The van der Waals surface area contributed by atoms with Crippen LogP contribution in [0.2, 0.25) is 0 Å². The topological polar surface area (TPSA) is 162 Å². The van der Waals surface area contributed by atoms with Crippen LogP contribution in [0.15, 0.2) is 0 Å². The summed E-state index contributed by atoms with van der Waals surface area (Å²) in [6.45, 7) is 1.71. The van der Waals surface area contributed by atoms with Gasteiger partial charge in [0.25, 0.3) is 0 Å². The third kappa shape index (κ3) is 31.6. The summed E-state index contributed by atoms with van der Waals surface area (Å²) in [6, 6.07) is 0. The number of phosphoric ester groups is 1. The minimum Gasteiger partial charge on any atom is -0.371 e. The van der Waals surface area contributed by atoms with Crippen molar-refractivity contribution in [3.8, 4) is 0 Å². The highest BCUT2D eigenvalue weighted by Crippen LogP contribution is 2.36. The molecule has 0 aliphatic rings. The molecule has 9 nitrogen and oxygen atoms in total. The SMILES string of the molecule is CCCC(=O)OP(=O)(O)O.O=P(O)(O)O. The maximum Gasteiger partial charge on any atom is 0.526 e. The first-order valence-corrected chi connectivity index (χ1v) is 6.61. The van der Waals surface area contributed by atoms with Crippen LogP contribution in [-0.4, -0.2) is 30.4 Å². The molecule has 0 saturated heterocycles. The Morgan fingerprint density at radius 3 is 1.67 bits per heavy atom. The summed E-state index contributed by atoms with van der Waals surface area (Å²) in [6.07, 6.45) is 0.546.